The SMILES string of the molecule is CN1C(=O)NC(=O)C2C1N=C(SCc1ccccc1)N2Cc1ccccc1Cl. The third-order valence-corrected chi connectivity index (χ3v) is 6.28. The van der Waals surface area contributed by atoms with Crippen molar-refractivity contribution in [3.05, 3.63) is 70.7 Å². The number of hydrogen-bond donors (Lipinski definition) is 1. The lowest BCUT2D eigenvalue weighted by atomic mass is 10.1. The fourth-order valence-electron chi connectivity index (χ4n) is 3.32. The normalized spacial score (nSPS) is 21.4. The zero-order valence-electron chi connectivity index (χ0n) is 15.2. The maximum atomic E-state index is 12.6. The molecule has 2 aliphatic rings. The summed E-state index contributed by atoms with van der Waals surface area (Å²) in [7, 11) is 1.65. The number of carbonyl (C=O) groups is 2. The van der Waals surface area contributed by atoms with Crippen molar-refractivity contribution in [1.29, 1.82) is 0 Å². The number of amidine groups is 1. The van der Waals surface area contributed by atoms with E-state index in [1.807, 2.05) is 47.4 Å². The average Bonchev–Trinajstić information content (AvgIpc) is 3.06. The van der Waals surface area contributed by atoms with E-state index in [0.29, 0.717) is 11.6 Å². The molecule has 144 valence electrons. The van der Waals surface area contributed by atoms with E-state index in [-0.39, 0.29) is 5.91 Å². The van der Waals surface area contributed by atoms with Gasteiger partial charge < -0.3 is 9.80 Å². The van der Waals surface area contributed by atoms with Crippen LogP contribution in [0.5, 0.6) is 0 Å². The number of imide groups is 1. The maximum Gasteiger partial charge on any atom is 0.325 e. The minimum Gasteiger partial charge on any atom is -0.331 e. The minimum absolute atomic E-state index is 0.334. The van der Waals surface area contributed by atoms with Crippen LogP contribution in [-0.4, -0.2) is 46.2 Å². The third-order valence-electron chi connectivity index (χ3n) is 4.83. The molecular weight excluding hydrogens is 396 g/mol. The Bertz CT molecular complexity index is 937. The molecule has 2 aromatic rings. The topological polar surface area (TPSA) is 65.0 Å². The summed E-state index contributed by atoms with van der Waals surface area (Å²) in [6.45, 7) is 0.441. The first-order valence-electron chi connectivity index (χ1n) is 8.87. The lowest BCUT2D eigenvalue weighted by Crippen LogP contribution is -2.63. The molecular formula is C20H19ClN4O2S. The van der Waals surface area contributed by atoms with Crippen molar-refractivity contribution in [3.63, 3.8) is 0 Å². The van der Waals surface area contributed by atoms with E-state index in [0.717, 1.165) is 22.0 Å². The van der Waals surface area contributed by atoms with Crippen LogP contribution in [-0.2, 0) is 17.1 Å². The van der Waals surface area contributed by atoms with E-state index in [2.05, 4.69) is 17.4 Å². The van der Waals surface area contributed by atoms with Gasteiger partial charge in [0.05, 0.1) is 0 Å². The lowest BCUT2D eigenvalue weighted by molar-refractivity contribution is -0.127. The predicted molar refractivity (Wildman–Crippen MR) is 111 cm³/mol. The molecule has 3 amide bonds. The van der Waals surface area contributed by atoms with Gasteiger partial charge in [0.2, 0.25) is 0 Å². The Morgan fingerprint density at radius 1 is 1.11 bits per heavy atom. The molecule has 0 saturated carbocycles. The Balaban J connectivity index is 1.63. The number of carbonyl (C=O) groups excluding carboxylic acids is 2. The Hall–Kier alpha value is -2.51. The molecule has 2 heterocycles. The average molecular weight is 415 g/mol. The molecule has 2 aromatic carbocycles. The Labute approximate surface area is 172 Å². The number of benzene rings is 2. The summed E-state index contributed by atoms with van der Waals surface area (Å²) in [5.41, 5.74) is 2.07. The number of fused-ring (bicyclic) bond motifs is 1. The molecule has 2 aliphatic heterocycles. The number of nitrogens with zero attached hydrogens (tertiary/aromatic N) is 3. The number of hydrogen-bond acceptors (Lipinski definition) is 5. The molecule has 0 aliphatic carbocycles. The summed E-state index contributed by atoms with van der Waals surface area (Å²) in [5.74, 6) is 0.386. The van der Waals surface area contributed by atoms with E-state index in [1.54, 1.807) is 18.8 Å². The number of thioether (sulfide) groups is 1. The summed E-state index contributed by atoms with van der Waals surface area (Å²) in [6, 6.07) is 16.6. The monoisotopic (exact) mass is 414 g/mol. The van der Waals surface area contributed by atoms with Gasteiger partial charge in [-0.3, -0.25) is 10.1 Å². The smallest absolute Gasteiger partial charge is 0.325 e. The van der Waals surface area contributed by atoms with Gasteiger partial charge >= 0.3 is 6.03 Å². The largest absolute Gasteiger partial charge is 0.331 e. The summed E-state index contributed by atoms with van der Waals surface area (Å²) >= 11 is 7.90. The minimum atomic E-state index is -0.572. The lowest BCUT2D eigenvalue weighted by Gasteiger charge is -2.36. The Morgan fingerprint density at radius 3 is 2.57 bits per heavy atom. The molecule has 0 spiro atoms. The quantitative estimate of drug-likeness (QED) is 0.833. The van der Waals surface area contributed by atoms with Gasteiger partial charge in [-0.15, -0.1) is 0 Å². The van der Waals surface area contributed by atoms with Crippen molar-refractivity contribution in [3.8, 4) is 0 Å². The maximum absolute atomic E-state index is 12.6. The molecule has 6 nitrogen and oxygen atoms in total. The highest BCUT2D eigenvalue weighted by Gasteiger charge is 2.48. The van der Waals surface area contributed by atoms with Crippen LogP contribution >= 0.6 is 23.4 Å². The zero-order valence-corrected chi connectivity index (χ0v) is 16.8. The summed E-state index contributed by atoms with van der Waals surface area (Å²) in [6.07, 6.45) is -0.540. The summed E-state index contributed by atoms with van der Waals surface area (Å²) in [5, 5.41) is 3.79. The predicted octanol–water partition coefficient (Wildman–Crippen LogP) is 3.32. The van der Waals surface area contributed by atoms with Crippen molar-refractivity contribution in [1.82, 2.24) is 15.1 Å². The zero-order chi connectivity index (χ0) is 19.7. The Kier molecular flexibility index (Phi) is 5.28. The Morgan fingerprint density at radius 2 is 1.82 bits per heavy atom. The second-order valence-corrected chi connectivity index (χ2v) is 8.02. The summed E-state index contributed by atoms with van der Waals surface area (Å²) in [4.78, 5) is 32.8. The van der Waals surface area contributed by atoms with E-state index < -0.39 is 18.2 Å². The first kappa shape index (κ1) is 18.8. The van der Waals surface area contributed by atoms with Crippen LogP contribution in [0, 0.1) is 0 Å². The highest BCUT2D eigenvalue weighted by molar-refractivity contribution is 8.13. The highest BCUT2D eigenvalue weighted by Crippen LogP contribution is 2.32. The molecule has 0 bridgehead atoms. The molecule has 28 heavy (non-hydrogen) atoms. The molecule has 2 unspecified atom stereocenters. The second-order valence-electron chi connectivity index (χ2n) is 6.67. The van der Waals surface area contributed by atoms with Crippen LogP contribution in [0.25, 0.3) is 0 Å². The number of urea groups is 1. The molecule has 1 fully saturated rings. The fourth-order valence-corrected chi connectivity index (χ4v) is 4.53. The van der Waals surface area contributed by atoms with Crippen LogP contribution < -0.4 is 5.32 Å². The van der Waals surface area contributed by atoms with Crippen LogP contribution in [0.15, 0.2) is 59.6 Å². The van der Waals surface area contributed by atoms with Crippen molar-refractivity contribution in [2.75, 3.05) is 7.05 Å². The molecule has 1 saturated heterocycles. The number of nitrogens with one attached hydrogen (secondary N) is 1. The van der Waals surface area contributed by atoms with Crippen molar-refractivity contribution in [2.24, 2.45) is 4.99 Å². The molecule has 0 radical (unpaired) electrons. The van der Waals surface area contributed by atoms with Gasteiger partial charge in [0.15, 0.2) is 17.4 Å². The van der Waals surface area contributed by atoms with Crippen molar-refractivity contribution < 1.29 is 9.59 Å². The standard InChI is InChI=1S/C20H19ClN4O2S/c1-24-17-16(18(26)23-19(24)27)25(11-14-9-5-6-10-15(14)21)20(22-17)28-12-13-7-3-2-4-8-13/h2-10,16-17H,11-12H2,1H3,(H,23,26,27). The van der Waals surface area contributed by atoms with E-state index in [1.165, 1.54) is 4.90 Å². The number of amides is 3. The molecule has 8 heteroatoms. The van der Waals surface area contributed by atoms with Crippen LogP contribution in [0.4, 0.5) is 4.79 Å². The number of likely N-dealkylation sites (N-methyl/N-ethyl adjacent to an activating group) is 1. The van der Waals surface area contributed by atoms with E-state index in [9.17, 15) is 9.59 Å². The van der Waals surface area contributed by atoms with Gasteiger partial charge in [-0.25, -0.2) is 9.79 Å². The van der Waals surface area contributed by atoms with Gasteiger partial charge in [-0.05, 0) is 17.2 Å². The number of halogens is 1. The molecule has 2 atom stereocenters. The number of rotatable bonds is 4. The highest BCUT2D eigenvalue weighted by atomic mass is 35.5. The fraction of sp³-hybridized carbons (Fsp3) is 0.250. The molecule has 1 N–H and O–H groups in total. The van der Waals surface area contributed by atoms with E-state index in [4.69, 9.17) is 16.6 Å². The first-order chi connectivity index (χ1) is 13.5. The van der Waals surface area contributed by atoms with Gasteiger partial charge in [0.25, 0.3) is 5.91 Å². The van der Waals surface area contributed by atoms with Gasteiger partial charge in [-0.2, -0.15) is 0 Å². The van der Waals surface area contributed by atoms with Crippen LogP contribution in [0.2, 0.25) is 5.02 Å². The number of aliphatic imine (C=N–C) groups is 1. The van der Waals surface area contributed by atoms with E-state index >= 15 is 0 Å². The second kappa shape index (κ2) is 7.85. The molecule has 4 rings (SSSR count). The van der Waals surface area contributed by atoms with Gasteiger partial charge in [0.1, 0.15) is 0 Å². The summed E-state index contributed by atoms with van der Waals surface area (Å²) < 4.78 is 0. The van der Waals surface area contributed by atoms with Crippen LogP contribution in [0.3, 0.4) is 0 Å². The van der Waals surface area contributed by atoms with Crippen LogP contribution in [0.1, 0.15) is 11.1 Å². The first-order valence-corrected chi connectivity index (χ1v) is 10.2. The van der Waals surface area contributed by atoms with Crippen molar-refractivity contribution in [2.45, 2.75) is 24.5 Å². The third kappa shape index (κ3) is 3.59. The van der Waals surface area contributed by atoms with Gasteiger partial charge in [-0.1, -0.05) is 71.9 Å². The van der Waals surface area contributed by atoms with Crippen molar-refractivity contribution >= 4 is 40.5 Å². The van der Waals surface area contributed by atoms with Gasteiger partial charge in [0, 0.05) is 24.4 Å². The molecule has 0 aromatic heterocycles.